The highest BCUT2D eigenvalue weighted by Crippen LogP contribution is 2.55. The molecular formula is C53H40N2. The number of hydrogen-bond acceptors (Lipinski definition) is 2. The molecule has 8 aromatic rings. The van der Waals surface area contributed by atoms with Crippen molar-refractivity contribution in [3.05, 3.63) is 222 Å². The van der Waals surface area contributed by atoms with Gasteiger partial charge in [0.05, 0.1) is 5.71 Å². The third-order valence-corrected chi connectivity index (χ3v) is 11.5. The van der Waals surface area contributed by atoms with Gasteiger partial charge in [0.2, 0.25) is 0 Å². The smallest absolute Gasteiger partial charge is 0.145 e. The number of rotatable bonds is 6. The molecule has 0 amide bonds. The van der Waals surface area contributed by atoms with Crippen molar-refractivity contribution in [1.29, 1.82) is 0 Å². The number of benzene rings is 8. The first-order valence-corrected chi connectivity index (χ1v) is 19.2. The van der Waals surface area contributed by atoms with E-state index in [0.717, 1.165) is 28.1 Å². The number of allylic oxidation sites excluding steroid dienone is 1. The Hall–Kier alpha value is -6.77. The number of aliphatic imine (C=N–C) groups is 1. The van der Waals surface area contributed by atoms with Crippen molar-refractivity contribution in [1.82, 2.24) is 5.32 Å². The van der Waals surface area contributed by atoms with E-state index in [1.165, 1.54) is 66.4 Å². The standard InChI is InChI=1S/C53H40N2/c1-53(2)46-32-41(29-30-45(46)51-47(53)33-42-21-12-13-24-44(42)50(51)39-19-10-5-11-20-39)40-22-14-23-43(31-40)52-54-48(37-17-8-4-9-18-37)34-49(55-52)38-27-25-36(26-28-38)35-15-6-3-7-16-35/h3-34,52,55H,1-2H3. The largest absolute Gasteiger partial charge is 0.360 e. The fourth-order valence-corrected chi connectivity index (χ4v) is 8.62. The van der Waals surface area contributed by atoms with E-state index >= 15 is 0 Å². The summed E-state index contributed by atoms with van der Waals surface area (Å²) in [5.41, 5.74) is 18.0. The highest BCUT2D eigenvalue weighted by molar-refractivity contribution is 6.13. The van der Waals surface area contributed by atoms with Gasteiger partial charge in [-0.3, -0.25) is 4.99 Å². The normalized spacial score (nSPS) is 15.4. The minimum absolute atomic E-state index is 0.165. The van der Waals surface area contributed by atoms with Crippen molar-refractivity contribution in [2.24, 2.45) is 4.99 Å². The van der Waals surface area contributed by atoms with Crippen LogP contribution in [0.15, 0.2) is 199 Å². The molecule has 10 rings (SSSR count). The minimum atomic E-state index is -0.250. The molecule has 0 saturated heterocycles. The molecule has 1 aliphatic carbocycles. The zero-order chi connectivity index (χ0) is 36.9. The van der Waals surface area contributed by atoms with Crippen LogP contribution in [0.4, 0.5) is 0 Å². The van der Waals surface area contributed by atoms with Gasteiger partial charge in [-0.1, -0.05) is 184 Å². The number of nitrogens with one attached hydrogen (secondary N) is 1. The van der Waals surface area contributed by atoms with Crippen LogP contribution in [-0.2, 0) is 5.41 Å². The number of nitrogens with zero attached hydrogens (tertiary/aromatic N) is 1. The monoisotopic (exact) mass is 704 g/mol. The lowest BCUT2D eigenvalue weighted by atomic mass is 9.80. The van der Waals surface area contributed by atoms with E-state index < -0.39 is 0 Å². The van der Waals surface area contributed by atoms with Crippen LogP contribution in [-0.4, -0.2) is 5.71 Å². The van der Waals surface area contributed by atoms with Gasteiger partial charge in [0.1, 0.15) is 6.17 Å². The van der Waals surface area contributed by atoms with Crippen molar-refractivity contribution in [3.8, 4) is 44.5 Å². The molecule has 0 bridgehead atoms. The second-order valence-electron chi connectivity index (χ2n) is 15.2. The predicted octanol–water partition coefficient (Wildman–Crippen LogP) is 13.3. The minimum Gasteiger partial charge on any atom is -0.360 e. The Labute approximate surface area is 323 Å². The van der Waals surface area contributed by atoms with Crippen molar-refractivity contribution in [2.75, 3.05) is 0 Å². The third kappa shape index (κ3) is 5.79. The van der Waals surface area contributed by atoms with E-state index in [4.69, 9.17) is 4.99 Å². The quantitative estimate of drug-likeness (QED) is 0.183. The molecule has 55 heavy (non-hydrogen) atoms. The summed E-state index contributed by atoms with van der Waals surface area (Å²) in [6.07, 6.45) is 1.93. The van der Waals surface area contributed by atoms with Gasteiger partial charge in [0.25, 0.3) is 0 Å². The highest BCUT2D eigenvalue weighted by Gasteiger charge is 2.38. The number of hydrogen-bond donors (Lipinski definition) is 1. The Kier molecular flexibility index (Phi) is 7.92. The van der Waals surface area contributed by atoms with Crippen LogP contribution in [0.2, 0.25) is 0 Å². The maximum Gasteiger partial charge on any atom is 0.145 e. The average Bonchev–Trinajstić information content (AvgIpc) is 3.48. The van der Waals surface area contributed by atoms with E-state index in [2.05, 4.69) is 213 Å². The van der Waals surface area contributed by atoms with Gasteiger partial charge in [-0.15, -0.1) is 0 Å². The summed E-state index contributed by atoms with van der Waals surface area (Å²) in [5, 5.41) is 6.38. The lowest BCUT2D eigenvalue weighted by Crippen LogP contribution is -2.24. The first-order valence-electron chi connectivity index (χ1n) is 19.2. The van der Waals surface area contributed by atoms with E-state index in [0.29, 0.717) is 0 Å². The Morgan fingerprint density at radius 2 is 1.04 bits per heavy atom. The molecular weight excluding hydrogens is 665 g/mol. The molecule has 1 heterocycles. The van der Waals surface area contributed by atoms with Crippen LogP contribution in [0.5, 0.6) is 0 Å². The van der Waals surface area contributed by atoms with Crippen LogP contribution in [0.1, 0.15) is 47.8 Å². The summed E-state index contributed by atoms with van der Waals surface area (Å²) in [5.74, 6) is 0. The van der Waals surface area contributed by atoms with E-state index in [1.807, 2.05) is 0 Å². The van der Waals surface area contributed by atoms with Gasteiger partial charge in [-0.2, -0.15) is 0 Å². The SMILES string of the molecule is CC1(C)c2cc(-c3cccc(C4N=C(c5ccccc5)C=C(c5ccc(-c6ccccc6)cc5)N4)c3)ccc2-c2c1cc1ccccc1c2-c1ccccc1. The molecule has 0 fully saturated rings. The van der Waals surface area contributed by atoms with Gasteiger partial charge in [-0.25, -0.2) is 0 Å². The highest BCUT2D eigenvalue weighted by atomic mass is 15.1. The Morgan fingerprint density at radius 3 is 1.78 bits per heavy atom. The summed E-state index contributed by atoms with van der Waals surface area (Å²) < 4.78 is 0. The lowest BCUT2D eigenvalue weighted by molar-refractivity contribution is 0.661. The van der Waals surface area contributed by atoms with Crippen LogP contribution < -0.4 is 5.32 Å². The average molecular weight is 705 g/mol. The summed E-state index contributed by atoms with van der Waals surface area (Å²) in [4.78, 5) is 5.30. The second kappa shape index (κ2) is 13.3. The van der Waals surface area contributed by atoms with Crippen LogP contribution in [0.3, 0.4) is 0 Å². The molecule has 8 aromatic carbocycles. The molecule has 1 N–H and O–H groups in total. The molecule has 262 valence electrons. The van der Waals surface area contributed by atoms with Crippen LogP contribution in [0, 0.1) is 0 Å². The number of fused-ring (bicyclic) bond motifs is 4. The molecule has 0 aromatic heterocycles. The van der Waals surface area contributed by atoms with Gasteiger partial charge < -0.3 is 5.32 Å². The maximum absolute atomic E-state index is 5.30. The fraction of sp³-hybridized carbons (Fsp3) is 0.0755. The zero-order valence-corrected chi connectivity index (χ0v) is 31.0. The van der Waals surface area contributed by atoms with E-state index in [9.17, 15) is 0 Å². The van der Waals surface area contributed by atoms with Gasteiger partial charge in [0, 0.05) is 11.1 Å². The summed E-state index contributed by atoms with van der Waals surface area (Å²) in [6.45, 7) is 4.76. The second-order valence-corrected chi connectivity index (χ2v) is 15.2. The Morgan fingerprint density at radius 1 is 0.455 bits per heavy atom. The lowest BCUT2D eigenvalue weighted by Gasteiger charge is -2.25. The van der Waals surface area contributed by atoms with Crippen LogP contribution >= 0.6 is 0 Å². The molecule has 0 spiro atoms. The Bertz CT molecular complexity index is 2780. The van der Waals surface area contributed by atoms with Gasteiger partial charge in [0.15, 0.2) is 0 Å². The molecule has 0 saturated carbocycles. The van der Waals surface area contributed by atoms with Gasteiger partial charge in [-0.05, 0) is 107 Å². The Balaban J connectivity index is 1.03. The summed E-state index contributed by atoms with van der Waals surface area (Å²) in [7, 11) is 0. The van der Waals surface area contributed by atoms with Crippen molar-refractivity contribution in [2.45, 2.75) is 25.4 Å². The first kappa shape index (κ1) is 32.8. The predicted molar refractivity (Wildman–Crippen MR) is 231 cm³/mol. The van der Waals surface area contributed by atoms with Crippen molar-refractivity contribution in [3.63, 3.8) is 0 Å². The van der Waals surface area contributed by atoms with E-state index in [1.54, 1.807) is 0 Å². The molecule has 1 unspecified atom stereocenters. The van der Waals surface area contributed by atoms with E-state index in [-0.39, 0.29) is 11.6 Å². The maximum atomic E-state index is 5.30. The molecule has 2 aliphatic rings. The first-order chi connectivity index (χ1) is 27.0. The molecule has 0 radical (unpaired) electrons. The summed E-state index contributed by atoms with van der Waals surface area (Å²) in [6, 6.07) is 68.0. The summed E-state index contributed by atoms with van der Waals surface area (Å²) >= 11 is 0. The van der Waals surface area contributed by atoms with Crippen LogP contribution in [0.25, 0.3) is 61.0 Å². The molecule has 2 heteroatoms. The van der Waals surface area contributed by atoms with Crippen molar-refractivity contribution >= 4 is 22.2 Å². The zero-order valence-electron chi connectivity index (χ0n) is 31.0. The molecule has 2 nitrogen and oxygen atoms in total. The molecule has 1 atom stereocenters. The topological polar surface area (TPSA) is 24.4 Å². The fourth-order valence-electron chi connectivity index (χ4n) is 8.62. The van der Waals surface area contributed by atoms with Crippen molar-refractivity contribution < 1.29 is 0 Å². The van der Waals surface area contributed by atoms with Gasteiger partial charge >= 0.3 is 0 Å². The molecule has 1 aliphatic heterocycles. The third-order valence-electron chi connectivity index (χ3n) is 11.5.